The zero-order valence-electron chi connectivity index (χ0n) is 7.97. The number of Topliss-reactive ketones (excluding diaryl/α,β-unsaturated/α-hetero) is 1. The Balaban J connectivity index is 1.98. The molecule has 2 aliphatic rings. The molecule has 0 atom stereocenters. The molecule has 0 radical (unpaired) electrons. The van der Waals surface area contributed by atoms with Crippen LogP contribution >= 0.6 is 0 Å². The van der Waals surface area contributed by atoms with Crippen molar-refractivity contribution >= 4 is 5.78 Å². The highest BCUT2D eigenvalue weighted by Gasteiger charge is 2.39. The van der Waals surface area contributed by atoms with Crippen LogP contribution in [-0.2, 0) is 4.79 Å². The minimum atomic E-state index is -0.0502. The fourth-order valence-electron chi connectivity index (χ4n) is 1.79. The molecule has 0 aromatic carbocycles. The summed E-state index contributed by atoms with van der Waals surface area (Å²) in [6.07, 6.45) is 3.67. The van der Waals surface area contributed by atoms with Gasteiger partial charge in [0.15, 0.2) is 5.78 Å². The number of hydrogen-bond donors (Lipinski definition) is 0. The van der Waals surface area contributed by atoms with Crippen LogP contribution in [-0.4, -0.2) is 29.8 Å². The molecule has 1 heterocycles. The molecular formula is C10H17NO. The highest BCUT2D eigenvalue weighted by Crippen LogP contribution is 2.33. The van der Waals surface area contributed by atoms with Crippen molar-refractivity contribution in [3.8, 4) is 0 Å². The van der Waals surface area contributed by atoms with E-state index >= 15 is 0 Å². The van der Waals surface area contributed by atoms with Crippen molar-refractivity contribution in [3.05, 3.63) is 0 Å². The van der Waals surface area contributed by atoms with Crippen molar-refractivity contribution in [2.45, 2.75) is 39.2 Å². The van der Waals surface area contributed by atoms with Crippen LogP contribution in [0.15, 0.2) is 0 Å². The Bertz CT molecular complexity index is 206. The molecular weight excluding hydrogens is 150 g/mol. The largest absolute Gasteiger partial charge is 0.298 e. The maximum Gasteiger partial charge on any atom is 0.152 e. The number of ketones is 1. The summed E-state index contributed by atoms with van der Waals surface area (Å²) >= 11 is 0. The van der Waals surface area contributed by atoms with Crippen LogP contribution in [0.3, 0.4) is 0 Å². The Kier molecular flexibility index (Phi) is 1.76. The number of nitrogens with zero attached hydrogens (tertiary/aromatic N) is 1. The monoisotopic (exact) mass is 167 g/mol. The Morgan fingerprint density at radius 2 is 2.08 bits per heavy atom. The van der Waals surface area contributed by atoms with Gasteiger partial charge in [-0.1, -0.05) is 13.8 Å². The minimum Gasteiger partial charge on any atom is -0.298 e. The molecule has 1 saturated heterocycles. The lowest BCUT2D eigenvalue weighted by Gasteiger charge is -2.35. The van der Waals surface area contributed by atoms with Crippen molar-refractivity contribution in [3.63, 3.8) is 0 Å². The number of piperidine rings is 1. The van der Waals surface area contributed by atoms with Gasteiger partial charge >= 0.3 is 0 Å². The van der Waals surface area contributed by atoms with Gasteiger partial charge in [-0.2, -0.15) is 0 Å². The van der Waals surface area contributed by atoms with Crippen molar-refractivity contribution < 1.29 is 4.79 Å². The Morgan fingerprint density at radius 1 is 1.42 bits per heavy atom. The summed E-state index contributed by atoms with van der Waals surface area (Å²) < 4.78 is 0. The molecule has 2 nitrogen and oxygen atoms in total. The number of carbonyl (C=O) groups is 1. The van der Waals surface area contributed by atoms with Gasteiger partial charge in [0, 0.05) is 11.5 Å². The Labute approximate surface area is 73.9 Å². The van der Waals surface area contributed by atoms with Crippen LogP contribution < -0.4 is 0 Å². The summed E-state index contributed by atoms with van der Waals surface area (Å²) in [5, 5.41) is 0. The smallest absolute Gasteiger partial charge is 0.152 e. The Hall–Kier alpha value is -0.370. The predicted molar refractivity (Wildman–Crippen MR) is 48.0 cm³/mol. The van der Waals surface area contributed by atoms with Crippen molar-refractivity contribution in [1.29, 1.82) is 0 Å². The third-order valence-electron chi connectivity index (χ3n) is 3.19. The molecule has 0 aromatic heterocycles. The van der Waals surface area contributed by atoms with Gasteiger partial charge in [0.2, 0.25) is 0 Å². The molecule has 0 bridgehead atoms. The fraction of sp³-hybridized carbons (Fsp3) is 0.900. The molecule has 1 saturated carbocycles. The average Bonchev–Trinajstić information content (AvgIpc) is 2.77. The molecule has 0 spiro atoms. The second kappa shape index (κ2) is 2.56. The summed E-state index contributed by atoms with van der Waals surface area (Å²) in [5.41, 5.74) is -0.0502. The first-order valence-corrected chi connectivity index (χ1v) is 4.87. The van der Waals surface area contributed by atoms with Gasteiger partial charge in [-0.25, -0.2) is 0 Å². The van der Waals surface area contributed by atoms with Gasteiger partial charge in [-0.15, -0.1) is 0 Å². The van der Waals surface area contributed by atoms with Gasteiger partial charge in [-0.05, 0) is 25.8 Å². The quantitative estimate of drug-likeness (QED) is 0.589. The van der Waals surface area contributed by atoms with Crippen molar-refractivity contribution in [1.82, 2.24) is 4.90 Å². The van der Waals surface area contributed by atoms with Crippen LogP contribution in [0.4, 0.5) is 0 Å². The Morgan fingerprint density at radius 3 is 2.58 bits per heavy atom. The molecule has 68 valence electrons. The summed E-state index contributed by atoms with van der Waals surface area (Å²) in [7, 11) is 0. The fourth-order valence-corrected chi connectivity index (χ4v) is 1.79. The number of rotatable bonds is 1. The third-order valence-corrected chi connectivity index (χ3v) is 3.19. The van der Waals surface area contributed by atoms with Crippen LogP contribution in [0.1, 0.15) is 33.1 Å². The predicted octanol–water partition coefficient (Wildman–Crippen LogP) is 1.45. The van der Waals surface area contributed by atoms with Gasteiger partial charge in [0.25, 0.3) is 0 Å². The SMILES string of the molecule is CC1(C)CCN(C2CC2)CC1=O. The van der Waals surface area contributed by atoms with Crippen LogP contribution in [0, 0.1) is 5.41 Å². The number of carbonyl (C=O) groups excluding carboxylic acids is 1. The zero-order valence-corrected chi connectivity index (χ0v) is 7.97. The molecule has 12 heavy (non-hydrogen) atoms. The van der Waals surface area contributed by atoms with Crippen LogP contribution in [0.5, 0.6) is 0 Å². The van der Waals surface area contributed by atoms with Gasteiger partial charge in [0.05, 0.1) is 6.54 Å². The standard InChI is InChI=1S/C10H17NO/c1-10(2)5-6-11(7-9(10)12)8-3-4-8/h8H,3-7H2,1-2H3. The molecule has 0 unspecified atom stereocenters. The van der Waals surface area contributed by atoms with Crippen molar-refractivity contribution in [2.75, 3.05) is 13.1 Å². The summed E-state index contributed by atoms with van der Waals surface area (Å²) in [5.74, 6) is 0.431. The zero-order chi connectivity index (χ0) is 8.77. The van der Waals surface area contributed by atoms with E-state index in [0.29, 0.717) is 12.3 Å². The lowest BCUT2D eigenvalue weighted by atomic mass is 9.81. The number of likely N-dealkylation sites (tertiary alicyclic amines) is 1. The van der Waals surface area contributed by atoms with E-state index in [1.54, 1.807) is 0 Å². The molecule has 1 aliphatic heterocycles. The maximum absolute atomic E-state index is 11.6. The van der Waals surface area contributed by atoms with Crippen LogP contribution in [0.2, 0.25) is 0 Å². The first kappa shape index (κ1) is 8.24. The van der Waals surface area contributed by atoms with Gasteiger partial charge in [0.1, 0.15) is 0 Å². The molecule has 2 fully saturated rings. The first-order valence-electron chi connectivity index (χ1n) is 4.87. The van der Waals surface area contributed by atoms with E-state index in [4.69, 9.17) is 0 Å². The summed E-state index contributed by atoms with van der Waals surface area (Å²) in [6, 6.07) is 0.755. The van der Waals surface area contributed by atoms with Crippen molar-refractivity contribution in [2.24, 2.45) is 5.41 Å². The van der Waals surface area contributed by atoms with E-state index in [1.165, 1.54) is 12.8 Å². The number of hydrogen-bond acceptors (Lipinski definition) is 2. The second-order valence-corrected chi connectivity index (χ2v) is 4.76. The molecule has 0 amide bonds. The normalized spacial score (nSPS) is 30.7. The average molecular weight is 167 g/mol. The van der Waals surface area contributed by atoms with E-state index in [2.05, 4.69) is 18.7 Å². The van der Waals surface area contributed by atoms with E-state index in [-0.39, 0.29) is 5.41 Å². The lowest BCUT2D eigenvalue weighted by molar-refractivity contribution is -0.132. The molecule has 1 aliphatic carbocycles. The van der Waals surface area contributed by atoms with Gasteiger partial charge < -0.3 is 0 Å². The van der Waals surface area contributed by atoms with E-state index < -0.39 is 0 Å². The third kappa shape index (κ3) is 1.40. The molecule has 0 N–H and O–H groups in total. The highest BCUT2D eigenvalue weighted by molar-refractivity contribution is 5.86. The highest BCUT2D eigenvalue weighted by atomic mass is 16.1. The first-order chi connectivity index (χ1) is 5.59. The summed E-state index contributed by atoms with van der Waals surface area (Å²) in [4.78, 5) is 14.0. The topological polar surface area (TPSA) is 20.3 Å². The molecule has 0 aromatic rings. The van der Waals surface area contributed by atoms with Crippen LogP contribution in [0.25, 0.3) is 0 Å². The van der Waals surface area contributed by atoms with E-state index in [0.717, 1.165) is 19.0 Å². The lowest BCUT2D eigenvalue weighted by Crippen LogP contribution is -2.46. The van der Waals surface area contributed by atoms with E-state index in [1.807, 2.05) is 0 Å². The summed E-state index contributed by atoms with van der Waals surface area (Å²) in [6.45, 7) is 5.97. The maximum atomic E-state index is 11.6. The molecule has 2 rings (SSSR count). The van der Waals surface area contributed by atoms with E-state index in [9.17, 15) is 4.79 Å². The minimum absolute atomic E-state index is 0.0502. The van der Waals surface area contributed by atoms with Gasteiger partial charge in [-0.3, -0.25) is 9.69 Å². The molecule has 2 heteroatoms. The second-order valence-electron chi connectivity index (χ2n) is 4.76.